The van der Waals surface area contributed by atoms with E-state index < -0.39 is 0 Å². The van der Waals surface area contributed by atoms with Crippen LogP contribution < -0.4 is 0 Å². The molecule has 2 heteroatoms. The van der Waals surface area contributed by atoms with Crippen LogP contribution >= 0.6 is 11.3 Å². The fourth-order valence-corrected chi connectivity index (χ4v) is 8.31. The van der Waals surface area contributed by atoms with Crippen LogP contribution in [0.4, 0.5) is 0 Å². The summed E-state index contributed by atoms with van der Waals surface area (Å²) in [5.41, 5.74) is 4.22. The van der Waals surface area contributed by atoms with Crippen LogP contribution in [0.15, 0.2) is 138 Å². The summed E-state index contributed by atoms with van der Waals surface area (Å²) in [7, 11) is 0. The first-order valence-electron chi connectivity index (χ1n) is 14.3. The highest BCUT2D eigenvalue weighted by Crippen LogP contribution is 2.45. The number of benzene rings is 8. The van der Waals surface area contributed by atoms with Crippen molar-refractivity contribution in [3.63, 3.8) is 0 Å². The van der Waals surface area contributed by atoms with Crippen molar-refractivity contribution < 1.29 is 4.42 Å². The van der Waals surface area contributed by atoms with Gasteiger partial charge in [0.05, 0.1) is 0 Å². The molecule has 10 rings (SSSR count). The molecule has 0 radical (unpaired) electrons. The normalized spacial score (nSPS) is 12.3. The molecule has 0 spiro atoms. The van der Waals surface area contributed by atoms with Gasteiger partial charge >= 0.3 is 0 Å². The zero-order chi connectivity index (χ0) is 27.4. The zero-order valence-electron chi connectivity index (χ0n) is 22.5. The summed E-state index contributed by atoms with van der Waals surface area (Å²) in [5, 5.41) is 15.0. The van der Waals surface area contributed by atoms with Gasteiger partial charge in [-0.15, -0.1) is 11.3 Å². The second-order valence-electron chi connectivity index (χ2n) is 11.3. The highest BCUT2D eigenvalue weighted by atomic mass is 32.1. The maximum Gasteiger partial charge on any atom is 0.143 e. The molecule has 1 nitrogen and oxygen atoms in total. The first-order chi connectivity index (χ1) is 20.8. The average Bonchev–Trinajstić information content (AvgIpc) is 3.64. The van der Waals surface area contributed by atoms with Crippen molar-refractivity contribution >= 4 is 96.5 Å². The van der Waals surface area contributed by atoms with Gasteiger partial charge in [0.15, 0.2) is 0 Å². The molecule has 0 N–H and O–H groups in total. The molecule has 0 saturated carbocycles. The summed E-state index contributed by atoms with van der Waals surface area (Å²) >= 11 is 1.90. The highest BCUT2D eigenvalue weighted by molar-refractivity contribution is 7.26. The summed E-state index contributed by atoms with van der Waals surface area (Å²) < 4.78 is 9.55. The van der Waals surface area contributed by atoms with E-state index in [1.54, 1.807) is 0 Å². The summed E-state index contributed by atoms with van der Waals surface area (Å²) in [6.07, 6.45) is 0. The van der Waals surface area contributed by atoms with Gasteiger partial charge in [-0.05, 0) is 67.5 Å². The van der Waals surface area contributed by atoms with Gasteiger partial charge in [0.25, 0.3) is 0 Å². The molecule has 0 fully saturated rings. The first-order valence-corrected chi connectivity index (χ1v) is 15.2. The number of hydrogen-bond acceptors (Lipinski definition) is 2. The maximum absolute atomic E-state index is 6.86. The Morgan fingerprint density at radius 2 is 1.05 bits per heavy atom. The molecule has 10 aromatic rings. The summed E-state index contributed by atoms with van der Waals surface area (Å²) in [6, 6.07) is 48.7. The van der Waals surface area contributed by atoms with E-state index in [4.69, 9.17) is 4.42 Å². The molecule has 0 amide bonds. The van der Waals surface area contributed by atoms with Crippen LogP contribution in [0.2, 0.25) is 0 Å². The minimum atomic E-state index is 0.952. The average molecular weight is 551 g/mol. The quantitative estimate of drug-likeness (QED) is 0.198. The Kier molecular flexibility index (Phi) is 4.39. The molecule has 8 aromatic carbocycles. The van der Waals surface area contributed by atoms with Gasteiger partial charge in [-0.25, -0.2) is 0 Å². The Morgan fingerprint density at radius 1 is 0.405 bits per heavy atom. The Balaban J connectivity index is 1.33. The number of furan rings is 1. The van der Waals surface area contributed by atoms with Crippen molar-refractivity contribution in [3.8, 4) is 11.1 Å². The number of hydrogen-bond donors (Lipinski definition) is 0. The van der Waals surface area contributed by atoms with E-state index in [1.165, 1.54) is 74.2 Å². The van der Waals surface area contributed by atoms with Gasteiger partial charge in [0, 0.05) is 41.9 Å². The van der Waals surface area contributed by atoms with Crippen LogP contribution in [0.1, 0.15) is 0 Å². The topological polar surface area (TPSA) is 13.1 Å². The Bertz CT molecular complexity index is 2740. The van der Waals surface area contributed by atoms with Crippen LogP contribution in [-0.4, -0.2) is 0 Å². The Hall–Kier alpha value is -5.18. The molecule has 2 heterocycles. The van der Waals surface area contributed by atoms with Gasteiger partial charge in [-0.2, -0.15) is 0 Å². The van der Waals surface area contributed by atoms with Gasteiger partial charge < -0.3 is 4.42 Å². The molecular weight excluding hydrogens is 529 g/mol. The van der Waals surface area contributed by atoms with Gasteiger partial charge in [0.2, 0.25) is 0 Å². The molecule has 194 valence electrons. The summed E-state index contributed by atoms with van der Waals surface area (Å²) in [5.74, 6) is 0. The SMILES string of the molecule is c1ccc2c(c1)ccc1c2oc2c(-c3ccc4ccc5sc6c7ccccc7ccc6c5c4c3)cc3ccccc3c21. The van der Waals surface area contributed by atoms with Crippen molar-refractivity contribution in [2.24, 2.45) is 0 Å². The number of fused-ring (bicyclic) bond motifs is 14. The van der Waals surface area contributed by atoms with Crippen LogP contribution in [0, 0.1) is 0 Å². The second kappa shape index (κ2) is 8.19. The minimum absolute atomic E-state index is 0.952. The van der Waals surface area contributed by atoms with E-state index in [0.717, 1.165) is 22.1 Å². The van der Waals surface area contributed by atoms with Crippen LogP contribution in [0.5, 0.6) is 0 Å². The lowest BCUT2D eigenvalue weighted by Crippen LogP contribution is -1.84. The third-order valence-electron chi connectivity index (χ3n) is 9.01. The van der Waals surface area contributed by atoms with Gasteiger partial charge in [-0.1, -0.05) is 109 Å². The molecule has 42 heavy (non-hydrogen) atoms. The third-order valence-corrected chi connectivity index (χ3v) is 10.2. The lowest BCUT2D eigenvalue weighted by atomic mass is 9.93. The largest absolute Gasteiger partial charge is 0.455 e. The Labute approximate surface area is 244 Å². The molecule has 0 saturated heterocycles. The monoisotopic (exact) mass is 550 g/mol. The van der Waals surface area contributed by atoms with Crippen LogP contribution in [0.3, 0.4) is 0 Å². The Morgan fingerprint density at radius 3 is 1.90 bits per heavy atom. The fraction of sp³-hybridized carbons (Fsp3) is 0. The summed E-state index contributed by atoms with van der Waals surface area (Å²) in [6.45, 7) is 0. The van der Waals surface area contributed by atoms with Crippen molar-refractivity contribution in [2.75, 3.05) is 0 Å². The molecular formula is C40H22OS. The van der Waals surface area contributed by atoms with Crippen molar-refractivity contribution in [3.05, 3.63) is 133 Å². The first kappa shape index (κ1) is 22.5. The molecule has 0 bridgehead atoms. The minimum Gasteiger partial charge on any atom is -0.455 e. The van der Waals surface area contributed by atoms with Crippen molar-refractivity contribution in [1.29, 1.82) is 0 Å². The highest BCUT2D eigenvalue weighted by Gasteiger charge is 2.19. The standard InChI is InChI=1S/C40H22OS/c1-5-11-29-23(7-1)15-18-31-37-28-10-4-3-9-26(28)22-34(39(37)41-38(29)31)27-14-13-25-17-20-35-36(33(25)21-27)32-19-16-24-8-2-6-12-30(24)40(32)42-35/h1-22H. The predicted octanol–water partition coefficient (Wildman–Crippen LogP) is 12.2. The van der Waals surface area contributed by atoms with Gasteiger partial charge in [-0.3, -0.25) is 0 Å². The van der Waals surface area contributed by atoms with E-state index >= 15 is 0 Å². The van der Waals surface area contributed by atoms with Crippen molar-refractivity contribution in [1.82, 2.24) is 0 Å². The third kappa shape index (κ3) is 2.97. The molecule has 0 atom stereocenters. The molecule has 0 unspecified atom stereocenters. The predicted molar refractivity (Wildman–Crippen MR) is 182 cm³/mol. The maximum atomic E-state index is 6.86. The zero-order valence-corrected chi connectivity index (χ0v) is 23.3. The molecule has 0 aliphatic carbocycles. The lowest BCUT2D eigenvalue weighted by molar-refractivity contribution is 0.674. The van der Waals surface area contributed by atoms with E-state index in [0.29, 0.717) is 0 Å². The van der Waals surface area contributed by atoms with Gasteiger partial charge in [0.1, 0.15) is 11.2 Å². The number of rotatable bonds is 1. The van der Waals surface area contributed by atoms with Crippen molar-refractivity contribution in [2.45, 2.75) is 0 Å². The van der Waals surface area contributed by atoms with Crippen LogP contribution in [0.25, 0.3) is 96.3 Å². The van der Waals surface area contributed by atoms with E-state index in [2.05, 4.69) is 133 Å². The molecule has 2 aromatic heterocycles. The van der Waals surface area contributed by atoms with E-state index in [1.807, 2.05) is 11.3 Å². The molecule has 0 aliphatic rings. The van der Waals surface area contributed by atoms with E-state index in [9.17, 15) is 0 Å². The molecule has 0 aliphatic heterocycles. The lowest BCUT2D eigenvalue weighted by Gasteiger charge is -2.09. The van der Waals surface area contributed by atoms with E-state index in [-0.39, 0.29) is 0 Å². The smallest absolute Gasteiger partial charge is 0.143 e. The summed E-state index contributed by atoms with van der Waals surface area (Å²) in [4.78, 5) is 0. The second-order valence-corrected chi connectivity index (χ2v) is 12.3. The number of thiophene rings is 1. The van der Waals surface area contributed by atoms with Crippen LogP contribution in [-0.2, 0) is 0 Å². The fourth-order valence-electron chi connectivity index (χ4n) is 7.06.